The Morgan fingerprint density at radius 1 is 1.43 bits per heavy atom. The molecule has 1 aromatic carbocycles. The standard InChI is InChI=1S/C15H13N3O5/c1-2-17-11(5-6-16-17)13(19)4-3-10-7-14-15(23-9-22-14)8-12(10)18(20)21/h3-8H,2,9H2,1H3/b4-3+. The maximum Gasteiger partial charge on any atom is 0.280 e. The van der Waals surface area contributed by atoms with Gasteiger partial charge >= 0.3 is 0 Å². The molecule has 0 N–H and O–H groups in total. The van der Waals surface area contributed by atoms with Crippen molar-refractivity contribution in [1.82, 2.24) is 9.78 Å². The van der Waals surface area contributed by atoms with E-state index < -0.39 is 4.92 Å². The second kappa shape index (κ2) is 5.91. The monoisotopic (exact) mass is 315 g/mol. The molecule has 0 atom stereocenters. The molecule has 0 saturated carbocycles. The van der Waals surface area contributed by atoms with E-state index in [1.54, 1.807) is 10.7 Å². The topological polar surface area (TPSA) is 96.5 Å². The van der Waals surface area contributed by atoms with E-state index in [0.717, 1.165) is 0 Å². The number of nitrogens with zero attached hydrogens (tertiary/aromatic N) is 3. The number of carbonyl (C=O) groups excluding carboxylic acids is 1. The van der Waals surface area contributed by atoms with E-state index in [4.69, 9.17) is 9.47 Å². The number of aromatic nitrogens is 2. The lowest BCUT2D eigenvalue weighted by Crippen LogP contribution is -2.07. The number of hydrogen-bond donors (Lipinski definition) is 0. The van der Waals surface area contributed by atoms with Gasteiger partial charge in [0.05, 0.1) is 16.6 Å². The van der Waals surface area contributed by atoms with Gasteiger partial charge in [-0.2, -0.15) is 5.10 Å². The SMILES string of the molecule is CCn1nccc1C(=O)/C=C/c1cc2c(cc1[N+](=O)[O-])OCO2. The molecule has 0 amide bonds. The highest BCUT2D eigenvalue weighted by Gasteiger charge is 2.22. The molecule has 8 heteroatoms. The minimum absolute atomic E-state index is 0.0221. The Hall–Kier alpha value is -3.16. The molecule has 0 fully saturated rings. The van der Waals surface area contributed by atoms with Crippen molar-refractivity contribution in [2.75, 3.05) is 6.79 Å². The average Bonchev–Trinajstić information content (AvgIpc) is 3.19. The van der Waals surface area contributed by atoms with E-state index in [0.29, 0.717) is 23.7 Å². The van der Waals surface area contributed by atoms with Crippen molar-refractivity contribution in [2.24, 2.45) is 0 Å². The summed E-state index contributed by atoms with van der Waals surface area (Å²) in [5, 5.41) is 15.2. The number of hydrogen-bond acceptors (Lipinski definition) is 6. The second-order valence-electron chi connectivity index (χ2n) is 4.75. The zero-order valence-corrected chi connectivity index (χ0v) is 12.3. The summed E-state index contributed by atoms with van der Waals surface area (Å²) in [6, 6.07) is 4.38. The lowest BCUT2D eigenvalue weighted by atomic mass is 10.1. The Bertz CT molecular complexity index is 809. The smallest absolute Gasteiger partial charge is 0.280 e. The van der Waals surface area contributed by atoms with Crippen LogP contribution in [0.25, 0.3) is 6.08 Å². The molecule has 8 nitrogen and oxygen atoms in total. The highest BCUT2D eigenvalue weighted by Crippen LogP contribution is 2.38. The van der Waals surface area contributed by atoms with Gasteiger partial charge in [-0.1, -0.05) is 0 Å². The molecule has 0 radical (unpaired) electrons. The van der Waals surface area contributed by atoms with Gasteiger partial charge < -0.3 is 9.47 Å². The molecule has 23 heavy (non-hydrogen) atoms. The molecule has 0 bridgehead atoms. The quantitative estimate of drug-likeness (QED) is 0.364. The van der Waals surface area contributed by atoms with Crippen LogP contribution >= 0.6 is 0 Å². The second-order valence-corrected chi connectivity index (χ2v) is 4.75. The first-order valence-corrected chi connectivity index (χ1v) is 6.92. The average molecular weight is 315 g/mol. The predicted octanol–water partition coefficient (Wildman–Crippen LogP) is 2.44. The van der Waals surface area contributed by atoms with Crippen molar-refractivity contribution in [3.63, 3.8) is 0 Å². The van der Waals surface area contributed by atoms with E-state index in [1.807, 2.05) is 6.92 Å². The fraction of sp³-hybridized carbons (Fsp3) is 0.200. The highest BCUT2D eigenvalue weighted by atomic mass is 16.7. The first-order chi connectivity index (χ1) is 11.1. The molecular weight excluding hydrogens is 302 g/mol. The Labute approximate surface area is 131 Å². The Morgan fingerprint density at radius 2 is 2.17 bits per heavy atom. The Balaban J connectivity index is 1.93. The van der Waals surface area contributed by atoms with E-state index in [1.165, 1.54) is 30.5 Å². The third-order valence-electron chi connectivity index (χ3n) is 3.40. The van der Waals surface area contributed by atoms with E-state index in [2.05, 4.69) is 5.10 Å². The van der Waals surface area contributed by atoms with Crippen LogP contribution < -0.4 is 9.47 Å². The molecule has 0 spiro atoms. The molecule has 0 aliphatic carbocycles. The van der Waals surface area contributed by atoms with Crippen molar-refractivity contribution in [3.05, 3.63) is 51.8 Å². The molecule has 3 rings (SSSR count). The number of ether oxygens (including phenoxy) is 2. The van der Waals surface area contributed by atoms with Crippen LogP contribution in [0.3, 0.4) is 0 Å². The molecule has 0 unspecified atom stereocenters. The van der Waals surface area contributed by atoms with Gasteiger partial charge in [-0.05, 0) is 31.2 Å². The van der Waals surface area contributed by atoms with Crippen LogP contribution in [-0.2, 0) is 6.54 Å². The third-order valence-corrected chi connectivity index (χ3v) is 3.40. The zero-order chi connectivity index (χ0) is 16.4. The van der Waals surface area contributed by atoms with Gasteiger partial charge in [0.25, 0.3) is 5.69 Å². The maximum absolute atomic E-state index is 12.2. The summed E-state index contributed by atoms with van der Waals surface area (Å²) in [6.45, 7) is 2.45. The zero-order valence-electron chi connectivity index (χ0n) is 12.3. The summed E-state index contributed by atoms with van der Waals surface area (Å²) in [6.07, 6.45) is 4.22. The predicted molar refractivity (Wildman–Crippen MR) is 80.5 cm³/mol. The molecule has 1 aliphatic rings. The van der Waals surface area contributed by atoms with Gasteiger partial charge in [-0.15, -0.1) is 0 Å². The van der Waals surface area contributed by atoms with Gasteiger partial charge in [0.15, 0.2) is 11.5 Å². The largest absolute Gasteiger partial charge is 0.454 e. The number of ketones is 1. The number of fused-ring (bicyclic) bond motifs is 1. The van der Waals surface area contributed by atoms with E-state index >= 15 is 0 Å². The van der Waals surface area contributed by atoms with Crippen LogP contribution in [-0.4, -0.2) is 27.3 Å². The van der Waals surface area contributed by atoms with Gasteiger partial charge in [-0.25, -0.2) is 0 Å². The normalized spacial score (nSPS) is 12.7. The summed E-state index contributed by atoms with van der Waals surface area (Å²) in [5.41, 5.74) is 0.546. The Kier molecular flexibility index (Phi) is 3.80. The van der Waals surface area contributed by atoms with Gasteiger partial charge in [0, 0.05) is 12.7 Å². The Morgan fingerprint density at radius 3 is 2.87 bits per heavy atom. The summed E-state index contributed by atoms with van der Waals surface area (Å²) < 4.78 is 11.9. The first kappa shape index (κ1) is 14.8. The fourth-order valence-corrected chi connectivity index (χ4v) is 2.28. The fourth-order valence-electron chi connectivity index (χ4n) is 2.28. The minimum atomic E-state index is -0.525. The van der Waals surface area contributed by atoms with E-state index in [-0.39, 0.29) is 23.8 Å². The van der Waals surface area contributed by atoms with Crippen molar-refractivity contribution in [3.8, 4) is 11.5 Å². The van der Waals surface area contributed by atoms with Gasteiger partial charge in [0.2, 0.25) is 12.6 Å². The highest BCUT2D eigenvalue weighted by molar-refractivity contribution is 6.05. The number of aryl methyl sites for hydroxylation is 1. The van der Waals surface area contributed by atoms with Crippen LogP contribution in [0.1, 0.15) is 23.0 Å². The van der Waals surface area contributed by atoms with Crippen molar-refractivity contribution < 1.29 is 19.2 Å². The lowest BCUT2D eigenvalue weighted by molar-refractivity contribution is -0.385. The number of rotatable bonds is 5. The summed E-state index contributed by atoms with van der Waals surface area (Å²) in [4.78, 5) is 22.8. The van der Waals surface area contributed by atoms with Crippen molar-refractivity contribution in [2.45, 2.75) is 13.5 Å². The number of nitro benzene ring substituents is 1. The van der Waals surface area contributed by atoms with Crippen molar-refractivity contribution >= 4 is 17.5 Å². The molecular formula is C15H13N3O5. The molecule has 1 aromatic heterocycles. The van der Waals surface area contributed by atoms with Crippen molar-refractivity contribution in [1.29, 1.82) is 0 Å². The number of nitro groups is 1. The van der Waals surface area contributed by atoms with Crippen LogP contribution in [0.15, 0.2) is 30.5 Å². The molecule has 0 saturated heterocycles. The number of benzene rings is 1. The van der Waals surface area contributed by atoms with E-state index in [9.17, 15) is 14.9 Å². The molecule has 118 valence electrons. The minimum Gasteiger partial charge on any atom is -0.454 e. The lowest BCUT2D eigenvalue weighted by Gasteiger charge is -2.02. The van der Waals surface area contributed by atoms with Crippen LogP contribution in [0.2, 0.25) is 0 Å². The van der Waals surface area contributed by atoms with Crippen LogP contribution in [0, 0.1) is 10.1 Å². The van der Waals surface area contributed by atoms with Crippen LogP contribution in [0.4, 0.5) is 5.69 Å². The number of allylic oxidation sites excluding steroid dienone is 1. The summed E-state index contributed by atoms with van der Waals surface area (Å²) in [7, 11) is 0. The van der Waals surface area contributed by atoms with Crippen LogP contribution in [0.5, 0.6) is 11.5 Å². The third kappa shape index (κ3) is 2.78. The summed E-state index contributed by atoms with van der Waals surface area (Å²) >= 11 is 0. The van der Waals surface area contributed by atoms with Gasteiger partial charge in [0.1, 0.15) is 5.69 Å². The summed E-state index contributed by atoms with van der Waals surface area (Å²) in [5.74, 6) is 0.460. The maximum atomic E-state index is 12.2. The number of carbonyl (C=O) groups is 1. The van der Waals surface area contributed by atoms with Gasteiger partial charge in [-0.3, -0.25) is 19.6 Å². The molecule has 1 aliphatic heterocycles. The first-order valence-electron chi connectivity index (χ1n) is 6.92. The molecule has 2 heterocycles. The molecule has 2 aromatic rings.